The minimum atomic E-state index is -0.685. The number of ether oxygens (including phenoxy) is 3. The van der Waals surface area contributed by atoms with Crippen LogP contribution in [-0.2, 0) is 9.53 Å². The Kier molecular flexibility index (Phi) is 8.33. The maximum Gasteiger partial charge on any atom is 0.305 e. The predicted octanol–water partition coefficient (Wildman–Crippen LogP) is 3.61. The van der Waals surface area contributed by atoms with E-state index in [1.165, 1.54) is 7.11 Å². The topological polar surface area (TPSA) is 177 Å². The number of carbonyl (C=O) groups excluding carboxylic acids is 2. The van der Waals surface area contributed by atoms with Crippen LogP contribution < -0.4 is 26.7 Å². The number of pyridine rings is 1. The molecule has 2 heterocycles. The van der Waals surface area contributed by atoms with Gasteiger partial charge in [-0.1, -0.05) is 6.07 Å². The molecule has 0 saturated heterocycles. The van der Waals surface area contributed by atoms with Crippen LogP contribution in [0.2, 0.25) is 0 Å². The monoisotopic (exact) mass is 497 g/mol. The number of rotatable bonds is 11. The highest BCUT2D eigenvalue weighted by Crippen LogP contribution is 2.44. The molecule has 6 N–H and O–H groups in total. The number of esters is 1. The number of benzene rings is 1. The summed E-state index contributed by atoms with van der Waals surface area (Å²) in [4.78, 5) is 28.1. The number of unbranched alkanes of at least 4 members (excludes halogenated alkanes) is 2. The maximum absolute atomic E-state index is 11.8. The number of amides is 1. The number of nitrogen functional groups attached to an aromatic ring is 2. The lowest BCUT2D eigenvalue weighted by Crippen LogP contribution is -2.10. The van der Waals surface area contributed by atoms with Crippen molar-refractivity contribution in [2.24, 2.45) is 5.73 Å². The highest BCUT2D eigenvalue weighted by molar-refractivity contribution is 7.21. The summed E-state index contributed by atoms with van der Waals surface area (Å²) in [5, 5.41) is 10.2. The zero-order chi connectivity index (χ0) is 25.5. The number of nitrogens with zero attached hydrogens (tertiary/aromatic N) is 2. The minimum Gasteiger partial charge on any atom is -0.493 e. The Balaban J connectivity index is 1.91. The summed E-state index contributed by atoms with van der Waals surface area (Å²) in [6.45, 7) is 2.55. The molecule has 1 aromatic carbocycles. The number of hydrogen-bond acceptors (Lipinski definition) is 10. The maximum atomic E-state index is 11.8. The van der Waals surface area contributed by atoms with Crippen molar-refractivity contribution in [1.82, 2.24) is 4.98 Å². The number of fused-ring (bicyclic) bond motifs is 1. The first-order valence-corrected chi connectivity index (χ1v) is 11.8. The van der Waals surface area contributed by atoms with Gasteiger partial charge in [-0.05, 0) is 43.9 Å². The number of aromatic nitrogens is 1. The van der Waals surface area contributed by atoms with Crippen LogP contribution in [-0.4, -0.2) is 37.2 Å². The second kappa shape index (κ2) is 11.4. The van der Waals surface area contributed by atoms with Crippen LogP contribution >= 0.6 is 11.3 Å². The van der Waals surface area contributed by atoms with Gasteiger partial charge >= 0.3 is 5.97 Å². The van der Waals surface area contributed by atoms with Crippen molar-refractivity contribution in [2.45, 2.75) is 32.6 Å². The Hall–Kier alpha value is -4.04. The fourth-order valence-corrected chi connectivity index (χ4v) is 4.63. The lowest BCUT2D eigenvalue weighted by molar-refractivity contribution is -0.143. The molecule has 0 fully saturated rings. The molecule has 3 aromatic rings. The molecule has 2 aromatic heterocycles. The third kappa shape index (κ3) is 5.55. The van der Waals surface area contributed by atoms with Gasteiger partial charge in [0.25, 0.3) is 5.91 Å². The standard InChI is InChI=1S/C24H27N5O5S/c1-3-33-17(30)7-5-4-6-10-34-16-11-13(8-9-15(16)32-2)18-14(12-25)22(27)29-24-19(18)20(26)21(35-24)23(28)31/h8-9,11H,3-7,10,26H2,1-2H3,(H2,27,29)(H2,28,31). The molecule has 0 aliphatic carbocycles. The van der Waals surface area contributed by atoms with E-state index >= 15 is 0 Å². The van der Waals surface area contributed by atoms with Gasteiger partial charge in [0.05, 0.1) is 26.0 Å². The summed E-state index contributed by atoms with van der Waals surface area (Å²) in [6.07, 6.45) is 2.60. The van der Waals surface area contributed by atoms with Crippen LogP contribution in [0, 0.1) is 11.3 Å². The van der Waals surface area contributed by atoms with Crippen LogP contribution in [0.4, 0.5) is 11.5 Å². The first-order chi connectivity index (χ1) is 16.8. The van der Waals surface area contributed by atoms with Gasteiger partial charge < -0.3 is 31.4 Å². The van der Waals surface area contributed by atoms with E-state index in [0.29, 0.717) is 58.9 Å². The van der Waals surface area contributed by atoms with Crippen molar-refractivity contribution in [3.8, 4) is 28.7 Å². The summed E-state index contributed by atoms with van der Waals surface area (Å²) in [6, 6.07) is 7.28. The average molecular weight is 498 g/mol. The molecule has 3 rings (SSSR count). The van der Waals surface area contributed by atoms with Crippen LogP contribution in [0.3, 0.4) is 0 Å². The Labute approximate surface area is 206 Å². The van der Waals surface area contributed by atoms with Crippen molar-refractivity contribution in [3.05, 3.63) is 28.6 Å². The molecule has 0 unspecified atom stereocenters. The molecule has 10 nitrogen and oxygen atoms in total. The van der Waals surface area contributed by atoms with Crippen LogP contribution in [0.25, 0.3) is 21.3 Å². The van der Waals surface area contributed by atoms with E-state index in [9.17, 15) is 14.9 Å². The van der Waals surface area contributed by atoms with E-state index in [-0.39, 0.29) is 27.9 Å². The van der Waals surface area contributed by atoms with E-state index in [1.807, 2.05) is 0 Å². The average Bonchev–Trinajstić information content (AvgIpc) is 3.16. The predicted molar refractivity (Wildman–Crippen MR) is 134 cm³/mol. The van der Waals surface area contributed by atoms with E-state index in [1.54, 1.807) is 25.1 Å². The Morgan fingerprint density at radius 2 is 1.94 bits per heavy atom. The number of hydrogen-bond donors (Lipinski definition) is 3. The zero-order valence-corrected chi connectivity index (χ0v) is 20.4. The van der Waals surface area contributed by atoms with Gasteiger partial charge in [0.15, 0.2) is 11.5 Å². The van der Waals surface area contributed by atoms with Crippen LogP contribution in [0.5, 0.6) is 11.5 Å². The van der Waals surface area contributed by atoms with Crippen LogP contribution in [0.15, 0.2) is 18.2 Å². The normalized spacial score (nSPS) is 10.7. The SMILES string of the molecule is CCOC(=O)CCCCCOc1cc(-c2c(C#N)c(N)nc3sc(C(N)=O)c(N)c23)ccc1OC. The van der Waals surface area contributed by atoms with Crippen molar-refractivity contribution < 1.29 is 23.8 Å². The Morgan fingerprint density at radius 3 is 2.60 bits per heavy atom. The molecule has 1 amide bonds. The van der Waals surface area contributed by atoms with Crippen LogP contribution in [0.1, 0.15) is 47.8 Å². The molecular weight excluding hydrogens is 470 g/mol. The van der Waals surface area contributed by atoms with Gasteiger partial charge in [-0.15, -0.1) is 11.3 Å². The fraction of sp³-hybridized carbons (Fsp3) is 0.333. The molecule has 184 valence electrons. The lowest BCUT2D eigenvalue weighted by atomic mass is 9.97. The quantitative estimate of drug-likeness (QED) is 0.264. The zero-order valence-electron chi connectivity index (χ0n) is 19.6. The summed E-state index contributed by atoms with van der Waals surface area (Å²) in [5.41, 5.74) is 19.1. The molecule has 0 atom stereocenters. The van der Waals surface area contributed by atoms with E-state index < -0.39 is 5.91 Å². The van der Waals surface area contributed by atoms with E-state index in [0.717, 1.165) is 24.2 Å². The molecule has 0 saturated carbocycles. The highest BCUT2D eigenvalue weighted by atomic mass is 32.1. The molecule has 0 radical (unpaired) electrons. The molecule has 0 spiro atoms. The minimum absolute atomic E-state index is 0.0205. The number of primary amides is 1. The number of nitriles is 1. The Morgan fingerprint density at radius 1 is 1.17 bits per heavy atom. The number of methoxy groups -OCH3 is 1. The summed E-state index contributed by atoms with van der Waals surface area (Å²) in [7, 11) is 1.53. The summed E-state index contributed by atoms with van der Waals surface area (Å²) < 4.78 is 16.3. The largest absolute Gasteiger partial charge is 0.493 e. The second-order valence-electron chi connectivity index (χ2n) is 7.58. The molecule has 0 aliphatic heterocycles. The number of nitrogens with two attached hydrogens (primary N) is 3. The molecular formula is C24H27N5O5S. The number of carbonyl (C=O) groups is 2. The smallest absolute Gasteiger partial charge is 0.305 e. The number of anilines is 2. The number of thiophene rings is 1. The Bertz CT molecular complexity index is 1300. The first kappa shape index (κ1) is 25.6. The van der Waals surface area contributed by atoms with Crippen molar-refractivity contribution in [3.63, 3.8) is 0 Å². The van der Waals surface area contributed by atoms with E-state index in [2.05, 4.69) is 11.1 Å². The summed E-state index contributed by atoms with van der Waals surface area (Å²) in [5.74, 6) is 0.105. The van der Waals surface area contributed by atoms with E-state index in [4.69, 9.17) is 31.4 Å². The summed E-state index contributed by atoms with van der Waals surface area (Å²) >= 11 is 1.02. The fourth-order valence-electron chi connectivity index (χ4n) is 3.66. The van der Waals surface area contributed by atoms with Gasteiger partial charge in [-0.3, -0.25) is 9.59 Å². The molecule has 0 aliphatic rings. The van der Waals surface area contributed by atoms with Gasteiger partial charge in [-0.25, -0.2) is 4.98 Å². The molecule has 35 heavy (non-hydrogen) atoms. The van der Waals surface area contributed by atoms with Crippen molar-refractivity contribution in [2.75, 3.05) is 31.8 Å². The second-order valence-corrected chi connectivity index (χ2v) is 8.58. The van der Waals surface area contributed by atoms with Crippen molar-refractivity contribution >= 4 is 44.9 Å². The molecule has 0 bridgehead atoms. The first-order valence-electron chi connectivity index (χ1n) is 11.0. The lowest BCUT2D eigenvalue weighted by Gasteiger charge is -2.14. The third-order valence-corrected chi connectivity index (χ3v) is 6.39. The third-order valence-electron chi connectivity index (χ3n) is 5.28. The van der Waals surface area contributed by atoms with Crippen molar-refractivity contribution in [1.29, 1.82) is 5.26 Å². The molecule has 11 heteroatoms. The van der Waals surface area contributed by atoms with Gasteiger partial charge in [0, 0.05) is 17.4 Å². The van der Waals surface area contributed by atoms with Gasteiger partial charge in [0.1, 0.15) is 27.2 Å². The highest BCUT2D eigenvalue weighted by Gasteiger charge is 2.24. The van der Waals surface area contributed by atoms with Gasteiger partial charge in [-0.2, -0.15) is 5.26 Å². The van der Waals surface area contributed by atoms with Gasteiger partial charge in [0.2, 0.25) is 0 Å².